The Kier molecular flexibility index (Phi) is 12.9. The Hall–Kier alpha value is -0.830. The van der Waals surface area contributed by atoms with Crippen molar-refractivity contribution in [2.24, 2.45) is 10.9 Å². The van der Waals surface area contributed by atoms with E-state index in [1.807, 2.05) is 6.92 Å². The number of rotatable bonds is 8. The molecule has 0 aromatic heterocycles. The van der Waals surface area contributed by atoms with Gasteiger partial charge < -0.3 is 20.4 Å². The van der Waals surface area contributed by atoms with Gasteiger partial charge in [0.05, 0.1) is 0 Å². The fraction of sp³-hybridized carbons (Fsp3) is 0.778. The molecule has 1 aliphatic rings. The average Bonchev–Trinajstić information content (AvgIpc) is 2.54. The van der Waals surface area contributed by atoms with Crippen LogP contribution in [0.25, 0.3) is 0 Å². The minimum absolute atomic E-state index is 0. The number of hydrogen-bond donors (Lipinski definition) is 2. The third-order valence-corrected chi connectivity index (χ3v) is 4.25. The minimum Gasteiger partial charge on any atom is -0.356 e. The second kappa shape index (κ2) is 13.4. The Morgan fingerprint density at radius 3 is 2.48 bits per heavy atom. The highest BCUT2D eigenvalue weighted by Crippen LogP contribution is 2.15. The smallest absolute Gasteiger partial charge is 0.243 e. The summed E-state index contributed by atoms with van der Waals surface area (Å²) in [5, 5.41) is 6.53. The summed E-state index contributed by atoms with van der Waals surface area (Å²) in [4.78, 5) is 20.1. The second-order valence-electron chi connectivity index (χ2n) is 7.07. The number of hydrogen-bond acceptors (Lipinski definition) is 3. The zero-order valence-electron chi connectivity index (χ0n) is 16.3. The largest absolute Gasteiger partial charge is 0.356 e. The highest BCUT2D eigenvalue weighted by molar-refractivity contribution is 14.0. The lowest BCUT2D eigenvalue weighted by Crippen LogP contribution is -2.41. The Morgan fingerprint density at radius 2 is 1.92 bits per heavy atom. The summed E-state index contributed by atoms with van der Waals surface area (Å²) >= 11 is 0. The van der Waals surface area contributed by atoms with E-state index in [2.05, 4.69) is 34.0 Å². The van der Waals surface area contributed by atoms with Gasteiger partial charge in [-0.15, -0.1) is 24.0 Å². The molecule has 1 saturated heterocycles. The van der Waals surface area contributed by atoms with Crippen molar-refractivity contribution in [1.29, 1.82) is 0 Å². The standard InChI is InChI=1S/C18H35N5O.HI/c1-15(2)13-20-18(21-14-17(24)22(4)5)19-9-6-10-23-11-7-16(3)8-12-23;/h16H,1,6-14H2,2-5H3,(H2,19,20,21);1H. The van der Waals surface area contributed by atoms with E-state index < -0.39 is 0 Å². The summed E-state index contributed by atoms with van der Waals surface area (Å²) in [6, 6.07) is 0. The van der Waals surface area contributed by atoms with Crippen LogP contribution < -0.4 is 10.6 Å². The van der Waals surface area contributed by atoms with Crippen LogP contribution >= 0.6 is 24.0 Å². The van der Waals surface area contributed by atoms with Crippen LogP contribution in [0.2, 0.25) is 0 Å². The molecule has 25 heavy (non-hydrogen) atoms. The number of likely N-dealkylation sites (tertiary alicyclic amines) is 1. The van der Waals surface area contributed by atoms with E-state index in [9.17, 15) is 4.79 Å². The number of guanidine groups is 1. The number of nitrogens with zero attached hydrogens (tertiary/aromatic N) is 3. The molecule has 0 spiro atoms. The predicted octanol–water partition coefficient (Wildman–Crippen LogP) is 1.93. The number of halogens is 1. The Labute approximate surface area is 170 Å². The maximum atomic E-state index is 11.7. The van der Waals surface area contributed by atoms with Crippen LogP contribution in [-0.4, -0.2) is 75.0 Å². The van der Waals surface area contributed by atoms with Crippen LogP contribution in [0.15, 0.2) is 17.1 Å². The van der Waals surface area contributed by atoms with E-state index in [0.29, 0.717) is 12.5 Å². The van der Waals surface area contributed by atoms with E-state index in [4.69, 9.17) is 0 Å². The summed E-state index contributed by atoms with van der Waals surface area (Å²) in [6.07, 6.45) is 3.70. The number of carbonyl (C=O) groups excluding carboxylic acids is 1. The molecule has 0 bridgehead atoms. The molecule has 0 aromatic carbocycles. The number of aliphatic imine (C=N–C) groups is 1. The molecule has 1 aliphatic heterocycles. The molecule has 0 aromatic rings. The first-order chi connectivity index (χ1) is 11.4. The van der Waals surface area contributed by atoms with Crippen molar-refractivity contribution in [3.05, 3.63) is 12.2 Å². The van der Waals surface area contributed by atoms with Crippen molar-refractivity contribution in [3.63, 3.8) is 0 Å². The number of carbonyl (C=O) groups is 1. The molecule has 1 fully saturated rings. The number of nitrogens with one attached hydrogen (secondary N) is 2. The van der Waals surface area contributed by atoms with Crippen LogP contribution in [0.5, 0.6) is 0 Å². The quantitative estimate of drug-likeness (QED) is 0.189. The van der Waals surface area contributed by atoms with Crippen molar-refractivity contribution in [1.82, 2.24) is 20.4 Å². The van der Waals surface area contributed by atoms with E-state index in [1.165, 1.54) is 25.9 Å². The number of piperidine rings is 1. The Balaban J connectivity index is 0.00000576. The van der Waals surface area contributed by atoms with Gasteiger partial charge in [-0.05, 0) is 51.7 Å². The van der Waals surface area contributed by atoms with Gasteiger partial charge in [-0.25, -0.2) is 4.99 Å². The maximum absolute atomic E-state index is 11.7. The van der Waals surface area contributed by atoms with Crippen molar-refractivity contribution in [2.45, 2.75) is 33.1 Å². The van der Waals surface area contributed by atoms with Gasteiger partial charge in [0.2, 0.25) is 5.91 Å². The molecule has 1 amide bonds. The van der Waals surface area contributed by atoms with Gasteiger partial charge in [0.25, 0.3) is 0 Å². The fourth-order valence-electron chi connectivity index (χ4n) is 2.49. The molecule has 1 rings (SSSR count). The van der Waals surface area contributed by atoms with E-state index >= 15 is 0 Å². The molecular weight excluding hydrogens is 429 g/mol. The molecule has 2 N–H and O–H groups in total. The normalized spacial score (nSPS) is 16.1. The summed E-state index contributed by atoms with van der Waals surface area (Å²) in [5.41, 5.74) is 1.03. The van der Waals surface area contributed by atoms with E-state index in [0.717, 1.165) is 31.0 Å². The third-order valence-electron chi connectivity index (χ3n) is 4.25. The molecule has 7 heteroatoms. The topological polar surface area (TPSA) is 60.0 Å². The number of amides is 1. The van der Waals surface area contributed by atoms with Gasteiger partial charge in [0.1, 0.15) is 6.54 Å². The lowest BCUT2D eigenvalue weighted by Gasteiger charge is -2.30. The van der Waals surface area contributed by atoms with Crippen molar-refractivity contribution in [3.8, 4) is 0 Å². The first-order valence-corrected chi connectivity index (χ1v) is 8.97. The van der Waals surface area contributed by atoms with Gasteiger partial charge in [-0.2, -0.15) is 0 Å². The second-order valence-corrected chi connectivity index (χ2v) is 7.07. The monoisotopic (exact) mass is 465 g/mol. The third kappa shape index (κ3) is 11.4. The lowest BCUT2D eigenvalue weighted by atomic mass is 9.99. The lowest BCUT2D eigenvalue weighted by molar-refractivity contribution is -0.127. The fourth-order valence-corrected chi connectivity index (χ4v) is 2.49. The van der Waals surface area contributed by atoms with Crippen LogP contribution in [0.1, 0.15) is 33.1 Å². The van der Waals surface area contributed by atoms with Crippen molar-refractivity contribution in [2.75, 3.05) is 53.4 Å². The highest BCUT2D eigenvalue weighted by Gasteiger charge is 2.14. The van der Waals surface area contributed by atoms with Crippen LogP contribution in [0.4, 0.5) is 0 Å². The highest BCUT2D eigenvalue weighted by atomic mass is 127. The summed E-state index contributed by atoms with van der Waals surface area (Å²) in [5.74, 6) is 1.55. The minimum atomic E-state index is -0.00568. The van der Waals surface area contributed by atoms with Gasteiger partial charge in [-0.1, -0.05) is 19.1 Å². The first-order valence-electron chi connectivity index (χ1n) is 8.97. The zero-order chi connectivity index (χ0) is 17.9. The molecule has 1 heterocycles. The van der Waals surface area contributed by atoms with E-state index in [1.54, 1.807) is 19.0 Å². The van der Waals surface area contributed by atoms with Crippen LogP contribution in [0.3, 0.4) is 0 Å². The maximum Gasteiger partial charge on any atom is 0.243 e. The van der Waals surface area contributed by atoms with Crippen molar-refractivity contribution >= 4 is 35.8 Å². The summed E-state index contributed by atoms with van der Waals surface area (Å²) < 4.78 is 0. The molecule has 0 aliphatic carbocycles. The van der Waals surface area contributed by atoms with Crippen LogP contribution in [0, 0.1) is 5.92 Å². The Bertz CT molecular complexity index is 431. The predicted molar refractivity (Wildman–Crippen MR) is 117 cm³/mol. The molecule has 0 atom stereocenters. The van der Waals surface area contributed by atoms with Crippen LogP contribution in [-0.2, 0) is 4.79 Å². The van der Waals surface area contributed by atoms with Gasteiger partial charge in [0, 0.05) is 27.2 Å². The molecule has 146 valence electrons. The van der Waals surface area contributed by atoms with Gasteiger partial charge in [0.15, 0.2) is 5.96 Å². The molecule has 0 radical (unpaired) electrons. The van der Waals surface area contributed by atoms with Gasteiger partial charge >= 0.3 is 0 Å². The number of likely N-dealkylation sites (N-methyl/N-ethyl adjacent to an activating group) is 1. The first kappa shape index (κ1) is 24.2. The van der Waals surface area contributed by atoms with Gasteiger partial charge in [-0.3, -0.25) is 4.79 Å². The molecule has 0 unspecified atom stereocenters. The van der Waals surface area contributed by atoms with E-state index in [-0.39, 0.29) is 36.4 Å². The molecule has 6 nitrogen and oxygen atoms in total. The summed E-state index contributed by atoms with van der Waals surface area (Å²) in [7, 11) is 3.48. The zero-order valence-corrected chi connectivity index (χ0v) is 18.6. The SMILES string of the molecule is C=C(C)CNC(=NCC(=O)N(C)C)NCCCN1CCC(C)CC1.I. The summed E-state index contributed by atoms with van der Waals surface area (Å²) in [6.45, 7) is 13.4. The Morgan fingerprint density at radius 1 is 1.28 bits per heavy atom. The molecule has 0 saturated carbocycles. The van der Waals surface area contributed by atoms with Crippen molar-refractivity contribution < 1.29 is 4.79 Å². The molecular formula is C18H36IN5O. The average molecular weight is 465 g/mol.